The quantitative estimate of drug-likeness (QED) is 0.458. The van der Waals surface area contributed by atoms with Gasteiger partial charge in [0.2, 0.25) is 5.88 Å². The third-order valence-electron chi connectivity index (χ3n) is 7.19. The van der Waals surface area contributed by atoms with Gasteiger partial charge in [-0.15, -0.1) is 0 Å². The number of ether oxygens (including phenoxy) is 2. The molecule has 3 N–H and O–H groups in total. The smallest absolute Gasteiger partial charge is 0.340 e. The van der Waals surface area contributed by atoms with Crippen molar-refractivity contribution in [2.75, 3.05) is 11.6 Å². The predicted octanol–water partition coefficient (Wildman–Crippen LogP) is 3.58. The monoisotopic (exact) mass is 525 g/mol. The van der Waals surface area contributed by atoms with Crippen molar-refractivity contribution in [3.05, 3.63) is 47.4 Å². The molecule has 0 bridgehead atoms. The summed E-state index contributed by atoms with van der Waals surface area (Å²) in [6.07, 6.45) is 5.01. The van der Waals surface area contributed by atoms with Crippen LogP contribution in [-0.2, 0) is 20.1 Å². The van der Waals surface area contributed by atoms with Crippen LogP contribution in [0.15, 0.2) is 30.6 Å². The largest absolute Gasteiger partial charge is 0.474 e. The van der Waals surface area contributed by atoms with E-state index >= 15 is 0 Å². The molecule has 196 valence electrons. The van der Waals surface area contributed by atoms with Crippen LogP contribution < -0.4 is 15.8 Å². The molecule has 2 atom stereocenters. The molecule has 1 fully saturated rings. The van der Waals surface area contributed by atoms with Crippen LogP contribution in [0.1, 0.15) is 68.1 Å². The van der Waals surface area contributed by atoms with E-state index in [1.165, 1.54) is 6.26 Å². The van der Waals surface area contributed by atoms with E-state index in [1.807, 2.05) is 33.8 Å². The number of hydrogen-bond donors (Lipinski definition) is 2. The van der Waals surface area contributed by atoms with Gasteiger partial charge in [-0.2, -0.15) is 0 Å². The number of aromatic nitrogens is 3. The maximum absolute atomic E-state index is 12.2. The second kappa shape index (κ2) is 8.91. The highest BCUT2D eigenvalue weighted by Gasteiger charge is 2.38. The molecule has 0 amide bonds. The molecule has 1 aliphatic carbocycles. The molecule has 0 aromatic carbocycles. The number of fused-ring (bicyclic) bond motifs is 2. The summed E-state index contributed by atoms with van der Waals surface area (Å²) >= 11 is 0. The summed E-state index contributed by atoms with van der Waals surface area (Å²) in [5.74, 6) is 1.09. The molecule has 0 radical (unpaired) electrons. The Morgan fingerprint density at radius 3 is 2.51 bits per heavy atom. The van der Waals surface area contributed by atoms with E-state index in [2.05, 4.69) is 20.3 Å². The first kappa shape index (κ1) is 25.3. The zero-order chi connectivity index (χ0) is 26.7. The van der Waals surface area contributed by atoms with Gasteiger partial charge in [0, 0.05) is 42.9 Å². The fourth-order valence-corrected chi connectivity index (χ4v) is 5.79. The molecule has 1 saturated carbocycles. The zero-order valence-electron chi connectivity index (χ0n) is 21.5. The molecule has 2 aliphatic rings. The summed E-state index contributed by atoms with van der Waals surface area (Å²) in [6.45, 7) is 7.62. The lowest BCUT2D eigenvalue weighted by Gasteiger charge is -2.34. The van der Waals surface area contributed by atoms with Gasteiger partial charge in [-0.25, -0.2) is 28.2 Å². The summed E-state index contributed by atoms with van der Waals surface area (Å²) in [5.41, 5.74) is 7.74. The number of carbonyl (C=O) groups excluding carboxylic acids is 1. The molecule has 37 heavy (non-hydrogen) atoms. The van der Waals surface area contributed by atoms with Crippen LogP contribution in [0, 0.1) is 0 Å². The van der Waals surface area contributed by atoms with Gasteiger partial charge >= 0.3 is 5.97 Å². The molecular formula is C26H31N5O5S. The van der Waals surface area contributed by atoms with Crippen LogP contribution in [0.5, 0.6) is 5.88 Å². The number of carbonyl (C=O) groups is 1. The van der Waals surface area contributed by atoms with Gasteiger partial charge in [0.25, 0.3) is 0 Å². The standard InChI is InChI=1S/C26H31N5O5S/c1-13-14(2)35-25(32)17-6-7-21(31-23(13)17)30-22-10-18-19(11-28-22)24(29-12-20(18)26(3,4)27)36-15-8-16(9-15)37(5,33)34/h6-7,10-16H,8-9,27H2,1-5H3,(H,28,30,31)/t13-,14-,15-,16+/m0/s1. The Kier molecular flexibility index (Phi) is 6.11. The number of nitrogens with two attached hydrogens (primary N) is 1. The second-order valence-corrected chi connectivity index (χ2v) is 13.0. The normalized spacial score (nSPS) is 23.7. The summed E-state index contributed by atoms with van der Waals surface area (Å²) in [7, 11) is -3.08. The average molecular weight is 526 g/mol. The van der Waals surface area contributed by atoms with Gasteiger partial charge < -0.3 is 20.5 Å². The van der Waals surface area contributed by atoms with E-state index < -0.39 is 15.4 Å². The highest BCUT2D eigenvalue weighted by atomic mass is 32.2. The first-order chi connectivity index (χ1) is 17.3. The summed E-state index contributed by atoms with van der Waals surface area (Å²) in [6, 6.07) is 5.30. The maximum Gasteiger partial charge on any atom is 0.340 e. The highest BCUT2D eigenvalue weighted by Crippen LogP contribution is 2.37. The Hall–Kier alpha value is -3.31. The number of sulfone groups is 1. The Labute approximate surface area is 215 Å². The summed E-state index contributed by atoms with van der Waals surface area (Å²) in [4.78, 5) is 26.0. The summed E-state index contributed by atoms with van der Waals surface area (Å²) in [5, 5.41) is 4.36. The zero-order valence-corrected chi connectivity index (χ0v) is 22.3. The molecule has 0 unspecified atom stereocenters. The molecule has 3 aromatic rings. The van der Waals surface area contributed by atoms with Crippen molar-refractivity contribution >= 4 is 38.2 Å². The number of esters is 1. The Morgan fingerprint density at radius 1 is 1.11 bits per heavy atom. The van der Waals surface area contributed by atoms with E-state index in [0.717, 1.165) is 10.9 Å². The molecule has 1 aliphatic heterocycles. The van der Waals surface area contributed by atoms with Crippen molar-refractivity contribution in [3.8, 4) is 5.88 Å². The molecule has 10 nitrogen and oxygen atoms in total. The number of nitrogens with one attached hydrogen (secondary N) is 1. The third-order valence-corrected chi connectivity index (χ3v) is 8.79. The first-order valence-corrected chi connectivity index (χ1v) is 14.2. The number of nitrogens with zero attached hydrogens (tertiary/aromatic N) is 3. The molecule has 5 rings (SSSR count). The van der Waals surface area contributed by atoms with Crippen molar-refractivity contribution in [2.45, 2.75) is 69.5 Å². The third kappa shape index (κ3) is 4.85. The molecule has 3 aromatic heterocycles. The number of hydrogen-bond acceptors (Lipinski definition) is 10. The SMILES string of the molecule is C[C@@H]1OC(=O)c2ccc(Nc3cc4c(C(C)(C)N)cnc(O[C@H]5C[C@@H](S(C)(=O)=O)C5)c4cn3)nc2[C@H]1C. The fourth-order valence-electron chi connectivity index (χ4n) is 4.66. The van der Waals surface area contributed by atoms with E-state index in [9.17, 15) is 13.2 Å². The molecule has 0 saturated heterocycles. The minimum atomic E-state index is -3.08. The predicted molar refractivity (Wildman–Crippen MR) is 140 cm³/mol. The van der Waals surface area contributed by atoms with E-state index in [-0.39, 0.29) is 29.3 Å². The minimum absolute atomic E-state index is 0.0387. The van der Waals surface area contributed by atoms with Gasteiger partial charge in [0.1, 0.15) is 23.8 Å². The van der Waals surface area contributed by atoms with Gasteiger partial charge in [-0.1, -0.05) is 6.92 Å². The van der Waals surface area contributed by atoms with Crippen LogP contribution in [0.25, 0.3) is 10.8 Å². The van der Waals surface area contributed by atoms with Crippen molar-refractivity contribution in [2.24, 2.45) is 5.73 Å². The van der Waals surface area contributed by atoms with Gasteiger partial charge in [0.05, 0.1) is 21.9 Å². The van der Waals surface area contributed by atoms with Crippen LogP contribution in [0.4, 0.5) is 11.6 Å². The number of cyclic esters (lactones) is 1. The lowest BCUT2D eigenvalue weighted by Crippen LogP contribution is -2.42. The van der Waals surface area contributed by atoms with E-state index in [0.29, 0.717) is 47.0 Å². The Bertz CT molecular complexity index is 1500. The average Bonchev–Trinajstić information content (AvgIpc) is 2.77. The maximum atomic E-state index is 12.2. The number of pyridine rings is 3. The summed E-state index contributed by atoms with van der Waals surface area (Å²) < 4.78 is 35.0. The minimum Gasteiger partial charge on any atom is -0.474 e. The fraction of sp³-hybridized carbons (Fsp3) is 0.462. The van der Waals surface area contributed by atoms with Crippen molar-refractivity contribution in [3.63, 3.8) is 0 Å². The van der Waals surface area contributed by atoms with E-state index in [1.54, 1.807) is 24.5 Å². The molecule has 11 heteroatoms. The van der Waals surface area contributed by atoms with Crippen molar-refractivity contribution in [1.29, 1.82) is 0 Å². The van der Waals surface area contributed by atoms with Crippen LogP contribution in [0.2, 0.25) is 0 Å². The van der Waals surface area contributed by atoms with Crippen molar-refractivity contribution in [1.82, 2.24) is 15.0 Å². The second-order valence-electron chi connectivity index (χ2n) is 10.6. The Balaban J connectivity index is 1.47. The van der Waals surface area contributed by atoms with Crippen LogP contribution >= 0.6 is 0 Å². The van der Waals surface area contributed by atoms with Gasteiger partial charge in [-0.3, -0.25) is 0 Å². The number of anilines is 2. The molecule has 0 spiro atoms. The topological polar surface area (TPSA) is 146 Å². The van der Waals surface area contributed by atoms with Crippen LogP contribution in [-0.4, -0.2) is 53.1 Å². The Morgan fingerprint density at radius 2 is 1.84 bits per heavy atom. The first-order valence-electron chi connectivity index (χ1n) is 12.2. The molecular weight excluding hydrogens is 494 g/mol. The number of rotatable bonds is 6. The lowest BCUT2D eigenvalue weighted by atomic mass is 9.92. The van der Waals surface area contributed by atoms with Gasteiger partial charge in [0.15, 0.2) is 9.84 Å². The van der Waals surface area contributed by atoms with Crippen LogP contribution in [0.3, 0.4) is 0 Å². The van der Waals surface area contributed by atoms with Gasteiger partial charge in [-0.05, 0) is 49.9 Å². The van der Waals surface area contributed by atoms with Crippen molar-refractivity contribution < 1.29 is 22.7 Å². The highest BCUT2D eigenvalue weighted by molar-refractivity contribution is 7.91. The van der Waals surface area contributed by atoms with E-state index in [4.69, 9.17) is 15.2 Å². The lowest BCUT2D eigenvalue weighted by molar-refractivity contribution is 0.0235. The molecule has 4 heterocycles.